The van der Waals surface area contributed by atoms with Gasteiger partial charge >= 0.3 is 0 Å². The fourth-order valence-corrected chi connectivity index (χ4v) is 4.57. The molecule has 0 saturated heterocycles. The monoisotopic (exact) mass is 421 g/mol. The third-order valence-electron chi connectivity index (χ3n) is 6.50. The highest BCUT2D eigenvalue weighted by Crippen LogP contribution is 2.25. The van der Waals surface area contributed by atoms with E-state index >= 15 is 0 Å². The lowest BCUT2D eigenvalue weighted by molar-refractivity contribution is -0.688. The maximum absolute atomic E-state index is 3.60. The zero-order chi connectivity index (χ0) is 21.6. The fraction of sp³-hybridized carbons (Fsp3) is 0.241. The molecule has 1 aliphatic rings. The Morgan fingerprint density at radius 2 is 1.31 bits per heavy atom. The van der Waals surface area contributed by atoms with Crippen molar-refractivity contribution in [3.05, 3.63) is 109 Å². The fourth-order valence-electron chi connectivity index (χ4n) is 4.57. The molecule has 2 aromatic heterocycles. The van der Waals surface area contributed by atoms with E-state index in [1.807, 2.05) is 0 Å². The van der Waals surface area contributed by atoms with Gasteiger partial charge in [-0.15, -0.1) is 0 Å². The summed E-state index contributed by atoms with van der Waals surface area (Å²) in [5.41, 5.74) is 6.16. The van der Waals surface area contributed by atoms with Crippen molar-refractivity contribution >= 4 is 5.69 Å². The molecule has 1 N–H and O–H groups in total. The van der Waals surface area contributed by atoms with Crippen LogP contribution < -0.4 is 14.5 Å². The first-order valence-corrected chi connectivity index (χ1v) is 11.7. The molecule has 0 aliphatic heterocycles. The van der Waals surface area contributed by atoms with E-state index in [1.54, 1.807) is 0 Å². The van der Waals surface area contributed by atoms with Crippen LogP contribution in [-0.2, 0) is 6.54 Å². The van der Waals surface area contributed by atoms with E-state index in [9.17, 15) is 0 Å². The van der Waals surface area contributed by atoms with Gasteiger partial charge in [-0.05, 0) is 42.0 Å². The molecule has 2 heterocycles. The van der Waals surface area contributed by atoms with Crippen molar-refractivity contribution < 1.29 is 9.13 Å². The van der Waals surface area contributed by atoms with E-state index in [0.29, 0.717) is 0 Å². The Kier molecular flexibility index (Phi) is 6.25. The molecule has 2 aromatic carbocycles. The van der Waals surface area contributed by atoms with E-state index in [4.69, 9.17) is 0 Å². The summed E-state index contributed by atoms with van der Waals surface area (Å²) < 4.78 is 4.38. The molecule has 0 spiro atoms. The number of aromatic nitrogens is 2. The van der Waals surface area contributed by atoms with Crippen LogP contribution in [0.1, 0.15) is 31.2 Å². The second-order valence-corrected chi connectivity index (χ2v) is 8.82. The summed E-state index contributed by atoms with van der Waals surface area (Å²) in [6.07, 6.45) is 14.1. The van der Waals surface area contributed by atoms with Gasteiger partial charge in [-0.1, -0.05) is 43.2 Å². The van der Waals surface area contributed by atoms with E-state index in [0.717, 1.165) is 19.0 Å². The first kappa shape index (κ1) is 20.4. The Labute approximate surface area is 191 Å². The quantitative estimate of drug-likeness (QED) is 0.387. The molecule has 0 bridgehead atoms. The van der Waals surface area contributed by atoms with Crippen molar-refractivity contribution in [2.45, 2.75) is 32.2 Å². The summed E-state index contributed by atoms with van der Waals surface area (Å²) in [5, 5.41) is 3.60. The Balaban J connectivity index is 1.22. The van der Waals surface area contributed by atoms with Crippen LogP contribution in [0.15, 0.2) is 104 Å². The smallest absolute Gasteiger partial charge is 0.210 e. The van der Waals surface area contributed by atoms with Gasteiger partial charge in [0.05, 0.1) is 0 Å². The first-order valence-electron chi connectivity index (χ1n) is 11.7. The van der Waals surface area contributed by atoms with Gasteiger partial charge in [-0.2, -0.15) is 4.57 Å². The van der Waals surface area contributed by atoms with Gasteiger partial charge in [-0.25, -0.2) is 4.57 Å². The van der Waals surface area contributed by atoms with Gasteiger partial charge in [0.25, 0.3) is 0 Å². The molecule has 160 valence electrons. The number of pyridine rings is 2. The number of rotatable bonds is 7. The minimum absolute atomic E-state index is 0.849. The average molecular weight is 422 g/mol. The summed E-state index contributed by atoms with van der Waals surface area (Å²) in [4.78, 5) is 0. The van der Waals surface area contributed by atoms with Crippen molar-refractivity contribution in [3.8, 4) is 16.8 Å². The minimum atomic E-state index is 0.849. The highest BCUT2D eigenvalue weighted by Gasteiger charge is 2.14. The van der Waals surface area contributed by atoms with E-state index in [-0.39, 0.29) is 0 Å². The Morgan fingerprint density at radius 1 is 0.688 bits per heavy atom. The number of hydrogen-bond acceptors (Lipinski definition) is 1. The van der Waals surface area contributed by atoms with E-state index < -0.39 is 0 Å². The molecule has 1 fully saturated rings. The third kappa shape index (κ3) is 5.05. The zero-order valence-electron chi connectivity index (χ0n) is 18.5. The van der Waals surface area contributed by atoms with Gasteiger partial charge < -0.3 is 5.32 Å². The summed E-state index contributed by atoms with van der Waals surface area (Å²) in [5.74, 6) is 0.849. The molecule has 0 amide bonds. The van der Waals surface area contributed by atoms with Crippen LogP contribution >= 0.6 is 0 Å². The normalized spacial score (nSPS) is 13.9. The molecule has 3 heteroatoms. The van der Waals surface area contributed by atoms with Gasteiger partial charge in [0, 0.05) is 54.2 Å². The highest BCUT2D eigenvalue weighted by atomic mass is 14.9. The van der Waals surface area contributed by atoms with Crippen LogP contribution in [0.2, 0.25) is 0 Å². The van der Waals surface area contributed by atoms with Crippen molar-refractivity contribution in [3.63, 3.8) is 0 Å². The largest absolute Gasteiger partial charge is 0.385 e. The predicted octanol–water partition coefficient (Wildman–Crippen LogP) is 5.57. The lowest BCUT2D eigenvalue weighted by Gasteiger charge is -2.11. The molecule has 32 heavy (non-hydrogen) atoms. The number of anilines is 1. The van der Waals surface area contributed by atoms with Gasteiger partial charge in [0.15, 0.2) is 31.3 Å². The van der Waals surface area contributed by atoms with Crippen molar-refractivity contribution in [1.82, 2.24) is 0 Å². The van der Waals surface area contributed by atoms with Crippen LogP contribution in [0, 0.1) is 5.92 Å². The van der Waals surface area contributed by atoms with Crippen LogP contribution in [0.3, 0.4) is 0 Å². The Hall–Kier alpha value is -3.46. The van der Waals surface area contributed by atoms with Crippen LogP contribution in [0.5, 0.6) is 0 Å². The molecule has 1 aliphatic carbocycles. The van der Waals surface area contributed by atoms with Gasteiger partial charge in [-0.3, -0.25) is 0 Å². The second kappa shape index (κ2) is 9.78. The molecule has 0 atom stereocenters. The zero-order valence-corrected chi connectivity index (χ0v) is 18.5. The Morgan fingerprint density at radius 3 is 1.97 bits per heavy atom. The molecule has 0 radical (unpaired) electrons. The molecule has 0 unspecified atom stereocenters. The van der Waals surface area contributed by atoms with Crippen molar-refractivity contribution in [2.24, 2.45) is 5.92 Å². The third-order valence-corrected chi connectivity index (χ3v) is 6.50. The average Bonchev–Trinajstić information content (AvgIpc) is 3.38. The second-order valence-electron chi connectivity index (χ2n) is 8.82. The number of hydrogen-bond donors (Lipinski definition) is 1. The summed E-state index contributed by atoms with van der Waals surface area (Å²) >= 11 is 0. The van der Waals surface area contributed by atoms with Gasteiger partial charge in [0.2, 0.25) is 5.69 Å². The van der Waals surface area contributed by atoms with Crippen molar-refractivity contribution in [2.75, 3.05) is 11.9 Å². The SMILES string of the molecule is c1ccc(C[n+]2ccc(-c3cc[n+](-c4ccc(NCC5CCCC5)cc4)cc3)cc2)cc1. The van der Waals surface area contributed by atoms with Crippen LogP contribution in [0.25, 0.3) is 16.8 Å². The molecule has 4 aromatic rings. The van der Waals surface area contributed by atoms with Crippen molar-refractivity contribution in [1.29, 1.82) is 0 Å². The van der Waals surface area contributed by atoms with Gasteiger partial charge in [0.1, 0.15) is 0 Å². The number of benzene rings is 2. The predicted molar refractivity (Wildman–Crippen MR) is 130 cm³/mol. The highest BCUT2D eigenvalue weighted by molar-refractivity contribution is 5.61. The lowest BCUT2D eigenvalue weighted by atomic mass is 10.1. The van der Waals surface area contributed by atoms with Crippen LogP contribution in [0.4, 0.5) is 5.69 Å². The maximum Gasteiger partial charge on any atom is 0.210 e. The number of nitrogens with one attached hydrogen (secondary N) is 1. The summed E-state index contributed by atoms with van der Waals surface area (Å²) in [6.45, 7) is 1.99. The Bertz CT molecular complexity index is 1110. The maximum atomic E-state index is 3.60. The lowest BCUT2D eigenvalue weighted by Crippen LogP contribution is -2.33. The topological polar surface area (TPSA) is 19.8 Å². The summed E-state index contributed by atoms with van der Waals surface area (Å²) in [6, 6.07) is 28.0. The molecule has 5 rings (SSSR count). The number of nitrogens with zero attached hydrogens (tertiary/aromatic N) is 2. The standard InChI is InChI=1S/C29H30N3/c1-2-8-25(9-3-1)23-31-18-14-26(15-19-31)27-16-20-32(21-17-27)29-12-10-28(11-13-29)30-22-24-6-4-5-7-24/h1-3,8-21,24H,4-7,22-23H2/q+1/p+1. The first-order chi connectivity index (χ1) is 15.8. The summed E-state index contributed by atoms with van der Waals surface area (Å²) in [7, 11) is 0. The minimum Gasteiger partial charge on any atom is -0.385 e. The molecule has 1 saturated carbocycles. The molecular weight excluding hydrogens is 390 g/mol. The van der Waals surface area contributed by atoms with E-state index in [2.05, 4.69) is 118 Å². The molecule has 3 nitrogen and oxygen atoms in total. The molecular formula is C29H31N3+2. The van der Waals surface area contributed by atoms with Crippen LogP contribution in [-0.4, -0.2) is 6.54 Å². The van der Waals surface area contributed by atoms with E-state index in [1.165, 1.54) is 53.7 Å².